The van der Waals surface area contributed by atoms with Crippen LogP contribution in [0.5, 0.6) is 17.2 Å². The minimum absolute atomic E-state index is 0.0499. The van der Waals surface area contributed by atoms with E-state index < -0.39 is 17.7 Å². The third-order valence-electron chi connectivity index (χ3n) is 7.99. The summed E-state index contributed by atoms with van der Waals surface area (Å²) in [6.07, 6.45) is 1.50. The van der Waals surface area contributed by atoms with Gasteiger partial charge in [-0.15, -0.1) is 0 Å². The van der Waals surface area contributed by atoms with E-state index in [-0.39, 0.29) is 17.4 Å². The zero-order valence-electron chi connectivity index (χ0n) is 23.2. The van der Waals surface area contributed by atoms with Crippen LogP contribution in [0.1, 0.15) is 36.1 Å². The molecule has 0 aromatic heterocycles. The van der Waals surface area contributed by atoms with Gasteiger partial charge in [-0.3, -0.25) is 9.59 Å². The summed E-state index contributed by atoms with van der Waals surface area (Å²) >= 11 is 0. The van der Waals surface area contributed by atoms with Gasteiger partial charge in [-0.2, -0.15) is 0 Å². The van der Waals surface area contributed by atoms with Crippen LogP contribution in [0.2, 0.25) is 0 Å². The molecule has 2 N–H and O–H groups in total. The van der Waals surface area contributed by atoms with Gasteiger partial charge in [0, 0.05) is 24.9 Å². The number of likely N-dealkylation sites (tertiary alicyclic amines) is 1. The first-order valence-electron chi connectivity index (χ1n) is 14.3. The Morgan fingerprint density at radius 3 is 2.59 bits per heavy atom. The number of carbonyl (C=O) groups excluding carboxylic acids is 2. The Hall–Kier alpha value is -4.14. The second-order valence-electron chi connectivity index (χ2n) is 10.9. The Labute approximate surface area is 239 Å². The number of rotatable bonds is 8. The van der Waals surface area contributed by atoms with Crippen molar-refractivity contribution in [2.75, 3.05) is 39.4 Å². The number of fused-ring (bicyclic) bond motifs is 1. The van der Waals surface area contributed by atoms with E-state index in [0.717, 1.165) is 57.0 Å². The number of ether oxygens (including phenoxy) is 3. The monoisotopic (exact) mass is 555 g/mol. The van der Waals surface area contributed by atoms with Gasteiger partial charge in [-0.1, -0.05) is 30.3 Å². The lowest BCUT2D eigenvalue weighted by atomic mass is 9.94. The molecule has 0 spiro atoms. The summed E-state index contributed by atoms with van der Waals surface area (Å²) in [5.74, 6) is 0.600. The molecule has 0 unspecified atom stereocenters. The number of para-hydroxylation sites is 1. The topological polar surface area (TPSA) is 89.7 Å². The van der Waals surface area contributed by atoms with Crippen LogP contribution in [0.3, 0.4) is 0 Å². The molecule has 1 amide bonds. The Bertz CT molecular complexity index is 1460. The van der Waals surface area contributed by atoms with Gasteiger partial charge in [0.2, 0.25) is 0 Å². The smallest absolute Gasteiger partial charge is 0.295 e. The van der Waals surface area contributed by atoms with Crippen molar-refractivity contribution in [3.63, 3.8) is 0 Å². The van der Waals surface area contributed by atoms with Crippen LogP contribution in [0.15, 0.2) is 78.4 Å². The molecule has 2 fully saturated rings. The Morgan fingerprint density at radius 1 is 1.00 bits per heavy atom. The number of benzene rings is 3. The molecule has 41 heavy (non-hydrogen) atoms. The molecule has 2 saturated heterocycles. The third kappa shape index (κ3) is 5.71. The number of carbonyl (C=O) groups is 2. The molecular formula is C33H35N2O6+. The highest BCUT2D eigenvalue weighted by atomic mass is 16.5. The molecule has 2 atom stereocenters. The van der Waals surface area contributed by atoms with Crippen LogP contribution in [-0.2, 0) is 20.7 Å². The molecule has 0 saturated carbocycles. The zero-order chi connectivity index (χ0) is 28.3. The first-order valence-corrected chi connectivity index (χ1v) is 14.3. The number of aliphatic hydroxyl groups excluding tert-OH is 1. The predicted molar refractivity (Wildman–Crippen MR) is 153 cm³/mol. The van der Waals surface area contributed by atoms with Crippen molar-refractivity contribution in [1.29, 1.82) is 0 Å². The van der Waals surface area contributed by atoms with Gasteiger partial charge in [-0.05, 0) is 60.5 Å². The summed E-state index contributed by atoms with van der Waals surface area (Å²) < 4.78 is 17.4. The van der Waals surface area contributed by atoms with Crippen LogP contribution in [-0.4, -0.2) is 67.2 Å². The highest BCUT2D eigenvalue weighted by molar-refractivity contribution is 6.46. The fourth-order valence-corrected chi connectivity index (χ4v) is 5.96. The minimum Gasteiger partial charge on any atom is -0.507 e. The van der Waals surface area contributed by atoms with Crippen LogP contribution in [0, 0.1) is 0 Å². The average molecular weight is 556 g/mol. The maximum Gasteiger partial charge on any atom is 0.295 e. The molecule has 212 valence electrons. The summed E-state index contributed by atoms with van der Waals surface area (Å²) in [5.41, 5.74) is 2.27. The molecule has 3 aliphatic rings. The first kappa shape index (κ1) is 27.1. The number of morpholine rings is 1. The minimum atomic E-state index is -0.738. The van der Waals surface area contributed by atoms with E-state index in [1.807, 2.05) is 73.7 Å². The number of nitrogens with one attached hydrogen (secondary N) is 1. The number of nitrogens with zero attached hydrogens (tertiary/aromatic N) is 1. The van der Waals surface area contributed by atoms with Crippen LogP contribution in [0.25, 0.3) is 5.76 Å². The van der Waals surface area contributed by atoms with Crippen molar-refractivity contribution in [3.8, 4) is 17.2 Å². The van der Waals surface area contributed by atoms with E-state index in [4.69, 9.17) is 14.2 Å². The van der Waals surface area contributed by atoms with Gasteiger partial charge in [0.1, 0.15) is 42.2 Å². The summed E-state index contributed by atoms with van der Waals surface area (Å²) in [6, 6.07) is 21.5. The lowest BCUT2D eigenvalue weighted by Crippen LogP contribution is -3.14. The number of aliphatic hydroxyl groups is 1. The maximum absolute atomic E-state index is 13.6. The Morgan fingerprint density at radius 2 is 1.78 bits per heavy atom. The Balaban J connectivity index is 1.35. The second-order valence-corrected chi connectivity index (χ2v) is 10.9. The van der Waals surface area contributed by atoms with Crippen LogP contribution in [0.4, 0.5) is 0 Å². The number of hydrogen-bond donors (Lipinski definition) is 2. The van der Waals surface area contributed by atoms with Crippen molar-refractivity contribution in [1.82, 2.24) is 4.90 Å². The van der Waals surface area contributed by atoms with Gasteiger partial charge in [0.05, 0.1) is 31.4 Å². The third-order valence-corrected chi connectivity index (χ3v) is 7.99. The van der Waals surface area contributed by atoms with Crippen molar-refractivity contribution in [2.45, 2.75) is 31.9 Å². The van der Waals surface area contributed by atoms with Crippen molar-refractivity contribution in [3.05, 3.63) is 95.1 Å². The summed E-state index contributed by atoms with van der Waals surface area (Å²) in [5, 5.41) is 11.6. The largest absolute Gasteiger partial charge is 0.507 e. The molecule has 0 aliphatic carbocycles. The van der Waals surface area contributed by atoms with Gasteiger partial charge >= 0.3 is 0 Å². The van der Waals surface area contributed by atoms with E-state index in [1.165, 1.54) is 4.90 Å². The fraction of sp³-hybridized carbons (Fsp3) is 0.333. The van der Waals surface area contributed by atoms with Crippen molar-refractivity contribution in [2.24, 2.45) is 0 Å². The zero-order valence-corrected chi connectivity index (χ0v) is 23.2. The second kappa shape index (κ2) is 11.8. The molecule has 3 aliphatic heterocycles. The number of hydrogen-bond acceptors (Lipinski definition) is 6. The number of amides is 1. The Kier molecular flexibility index (Phi) is 7.76. The number of ketones is 1. The normalized spacial score (nSPS) is 22.0. The summed E-state index contributed by atoms with van der Waals surface area (Å²) in [6.45, 7) is 6.60. The molecule has 3 heterocycles. The fourth-order valence-electron chi connectivity index (χ4n) is 5.96. The van der Waals surface area contributed by atoms with E-state index in [1.54, 1.807) is 11.0 Å². The van der Waals surface area contributed by atoms with Gasteiger partial charge in [0.25, 0.3) is 11.7 Å². The summed E-state index contributed by atoms with van der Waals surface area (Å²) in [4.78, 5) is 30.1. The molecule has 6 rings (SSSR count). The first-order chi connectivity index (χ1) is 20.0. The predicted octanol–water partition coefficient (Wildman–Crippen LogP) is 3.53. The SMILES string of the molecule is C[C@@H]1Cc2cc(C(O)=C3C(=O)C(=O)N(CCC[NH+]4CCOCC4)[C@@H]3c3cccc(Oc4ccccc4)c3)ccc2O1. The van der Waals surface area contributed by atoms with Crippen molar-refractivity contribution < 1.29 is 33.8 Å². The van der Waals surface area contributed by atoms with Crippen LogP contribution < -0.4 is 14.4 Å². The molecule has 3 aromatic rings. The molecule has 0 radical (unpaired) electrons. The molecule has 3 aromatic carbocycles. The highest BCUT2D eigenvalue weighted by Gasteiger charge is 2.46. The standard InChI is InChI=1S/C33H34N2O6/c1-22-19-25-20-24(11-12-28(25)40-22)31(36)29-30(23-7-5-10-27(21-23)41-26-8-3-2-4-9-26)35(33(38)32(29)37)14-6-13-34-15-17-39-18-16-34/h2-5,7-12,20-22,30,36H,6,13-19H2,1H3/p+1/t22-,30-/m1/s1. The highest BCUT2D eigenvalue weighted by Crippen LogP contribution is 2.41. The van der Waals surface area contributed by atoms with E-state index >= 15 is 0 Å². The molecule has 8 nitrogen and oxygen atoms in total. The van der Waals surface area contributed by atoms with E-state index in [0.29, 0.717) is 29.2 Å². The molecular weight excluding hydrogens is 520 g/mol. The quantitative estimate of drug-likeness (QED) is 0.251. The van der Waals surface area contributed by atoms with E-state index in [2.05, 4.69) is 0 Å². The van der Waals surface area contributed by atoms with Crippen molar-refractivity contribution >= 4 is 17.4 Å². The van der Waals surface area contributed by atoms with Gasteiger partial charge in [-0.25, -0.2) is 0 Å². The lowest BCUT2D eigenvalue weighted by Gasteiger charge is -2.28. The van der Waals surface area contributed by atoms with Crippen LogP contribution >= 0.6 is 0 Å². The maximum atomic E-state index is 13.6. The molecule has 8 heteroatoms. The molecule has 0 bridgehead atoms. The number of quaternary nitrogens is 1. The van der Waals surface area contributed by atoms with E-state index in [9.17, 15) is 14.7 Å². The average Bonchev–Trinajstić information content (AvgIpc) is 3.49. The summed E-state index contributed by atoms with van der Waals surface area (Å²) in [7, 11) is 0. The lowest BCUT2D eigenvalue weighted by molar-refractivity contribution is -0.908. The number of Topliss-reactive ketones (excluding diaryl/α,β-unsaturated/α-hetero) is 1. The van der Waals surface area contributed by atoms with Gasteiger partial charge in [0.15, 0.2) is 0 Å². The van der Waals surface area contributed by atoms with Gasteiger partial charge < -0.3 is 29.1 Å².